The predicted molar refractivity (Wildman–Crippen MR) is 72.1 cm³/mol. The lowest BCUT2D eigenvalue weighted by Crippen LogP contribution is -2.42. The van der Waals surface area contributed by atoms with Crippen molar-refractivity contribution in [1.29, 1.82) is 0 Å². The molecule has 1 fully saturated rings. The molecule has 0 saturated carbocycles. The first-order chi connectivity index (χ1) is 10.3. The quantitative estimate of drug-likeness (QED) is 0.908. The molecule has 2 rings (SSSR count). The number of likely N-dealkylation sites (tertiary alicyclic amines) is 1. The van der Waals surface area contributed by atoms with Crippen LogP contribution in [0.15, 0.2) is 23.1 Å². The van der Waals surface area contributed by atoms with Crippen LogP contribution in [0, 0.1) is 5.92 Å². The molecule has 0 unspecified atom stereocenters. The summed E-state index contributed by atoms with van der Waals surface area (Å²) < 4.78 is 38.7. The number of hydrogen-bond acceptors (Lipinski definition) is 3. The van der Waals surface area contributed by atoms with Gasteiger partial charge in [-0.3, -0.25) is 9.59 Å². The third kappa shape index (κ3) is 3.88. The van der Waals surface area contributed by atoms with Gasteiger partial charge in [-0.25, -0.2) is 0 Å². The van der Waals surface area contributed by atoms with E-state index in [1.807, 2.05) is 0 Å². The lowest BCUT2D eigenvalue weighted by molar-refractivity contribution is -0.139. The Labute approximate surface area is 125 Å². The fraction of sp³-hybridized carbons (Fsp3) is 0.571. The van der Waals surface area contributed by atoms with E-state index in [1.54, 1.807) is 0 Å². The van der Waals surface area contributed by atoms with Gasteiger partial charge in [0.15, 0.2) is 0 Å². The minimum Gasteiger partial charge on any atom is -0.396 e. The highest BCUT2D eigenvalue weighted by molar-refractivity contribution is 5.76. The number of aliphatic hydroxyl groups excluding tert-OH is 1. The molecule has 0 bridgehead atoms. The van der Waals surface area contributed by atoms with E-state index in [1.165, 1.54) is 4.90 Å². The van der Waals surface area contributed by atoms with Gasteiger partial charge >= 0.3 is 6.18 Å². The molecule has 0 radical (unpaired) electrons. The van der Waals surface area contributed by atoms with Crippen molar-refractivity contribution in [2.45, 2.75) is 25.6 Å². The van der Waals surface area contributed by atoms with Crippen LogP contribution in [0.1, 0.15) is 18.4 Å². The molecule has 0 atom stereocenters. The van der Waals surface area contributed by atoms with E-state index in [2.05, 4.69) is 0 Å². The molecule has 0 aromatic carbocycles. The number of amides is 1. The van der Waals surface area contributed by atoms with Crippen molar-refractivity contribution in [3.63, 3.8) is 0 Å². The van der Waals surface area contributed by atoms with Crippen LogP contribution in [0.3, 0.4) is 0 Å². The molecule has 0 spiro atoms. The molecule has 22 heavy (non-hydrogen) atoms. The lowest BCUT2D eigenvalue weighted by atomic mass is 9.98. The topological polar surface area (TPSA) is 62.5 Å². The van der Waals surface area contributed by atoms with Crippen molar-refractivity contribution in [2.75, 3.05) is 19.7 Å². The van der Waals surface area contributed by atoms with Crippen molar-refractivity contribution < 1.29 is 23.1 Å². The Bertz CT molecular complexity index is 590. The standard InChI is InChI=1S/C14H17F3N2O3/c15-14(16,17)11-1-2-12(21)19(7-11)8-13(22)18-5-3-10(9-20)4-6-18/h1-2,7,10,20H,3-6,8-9H2. The van der Waals surface area contributed by atoms with Crippen LogP contribution in [0.4, 0.5) is 13.2 Å². The van der Waals surface area contributed by atoms with E-state index in [9.17, 15) is 22.8 Å². The van der Waals surface area contributed by atoms with E-state index in [-0.39, 0.29) is 12.5 Å². The molecule has 1 aliphatic heterocycles. The number of pyridine rings is 1. The first-order valence-corrected chi connectivity index (χ1v) is 6.97. The van der Waals surface area contributed by atoms with E-state index >= 15 is 0 Å². The number of rotatable bonds is 3. The third-order valence-electron chi connectivity index (χ3n) is 3.84. The lowest BCUT2D eigenvalue weighted by Gasteiger charge is -2.31. The second-order valence-corrected chi connectivity index (χ2v) is 5.39. The molecule has 1 saturated heterocycles. The zero-order chi connectivity index (χ0) is 16.3. The van der Waals surface area contributed by atoms with Gasteiger partial charge in [0, 0.05) is 32.0 Å². The molecule has 1 aliphatic rings. The zero-order valence-corrected chi connectivity index (χ0v) is 11.8. The van der Waals surface area contributed by atoms with Crippen molar-refractivity contribution in [3.8, 4) is 0 Å². The zero-order valence-electron chi connectivity index (χ0n) is 11.8. The van der Waals surface area contributed by atoms with Gasteiger partial charge in [-0.15, -0.1) is 0 Å². The molecule has 1 amide bonds. The summed E-state index contributed by atoms with van der Waals surface area (Å²) in [6.07, 6.45) is -2.59. The van der Waals surface area contributed by atoms with E-state index in [0.29, 0.717) is 38.2 Å². The highest BCUT2D eigenvalue weighted by Crippen LogP contribution is 2.28. The minimum atomic E-state index is -4.56. The second kappa shape index (κ2) is 6.51. The molecular formula is C14H17F3N2O3. The number of piperidine rings is 1. The number of aromatic nitrogens is 1. The normalized spacial score (nSPS) is 16.8. The maximum atomic E-state index is 12.6. The smallest absolute Gasteiger partial charge is 0.396 e. The first kappa shape index (κ1) is 16.5. The Morgan fingerprint density at radius 2 is 1.91 bits per heavy atom. The fourth-order valence-electron chi connectivity index (χ4n) is 2.43. The molecule has 1 aromatic rings. The molecule has 122 valence electrons. The summed E-state index contributed by atoms with van der Waals surface area (Å²) in [7, 11) is 0. The Kier molecular flexibility index (Phi) is 4.90. The number of aliphatic hydroxyl groups is 1. The van der Waals surface area contributed by atoms with Crippen molar-refractivity contribution in [2.24, 2.45) is 5.92 Å². The summed E-state index contributed by atoms with van der Waals surface area (Å²) in [6, 6.07) is 1.52. The summed E-state index contributed by atoms with van der Waals surface area (Å²) in [5, 5.41) is 9.04. The number of hydrogen-bond donors (Lipinski definition) is 1. The van der Waals surface area contributed by atoms with E-state index in [0.717, 1.165) is 10.6 Å². The average molecular weight is 318 g/mol. The first-order valence-electron chi connectivity index (χ1n) is 6.97. The number of halogens is 3. The monoisotopic (exact) mass is 318 g/mol. The Morgan fingerprint density at radius 1 is 1.27 bits per heavy atom. The fourth-order valence-corrected chi connectivity index (χ4v) is 2.43. The van der Waals surface area contributed by atoms with Crippen LogP contribution in [0.2, 0.25) is 0 Å². The van der Waals surface area contributed by atoms with Gasteiger partial charge in [0.1, 0.15) is 6.54 Å². The molecule has 1 N–H and O–H groups in total. The van der Waals surface area contributed by atoms with Gasteiger partial charge in [0.25, 0.3) is 5.56 Å². The maximum Gasteiger partial charge on any atom is 0.417 e. The SMILES string of the molecule is O=C(Cn1cc(C(F)(F)F)ccc1=O)N1CCC(CO)CC1. The number of alkyl halides is 3. The van der Waals surface area contributed by atoms with Gasteiger partial charge in [0.05, 0.1) is 5.56 Å². The molecule has 5 nitrogen and oxygen atoms in total. The summed E-state index contributed by atoms with van der Waals surface area (Å²) >= 11 is 0. The molecule has 1 aromatic heterocycles. The number of nitrogens with zero attached hydrogens (tertiary/aromatic N) is 2. The van der Waals surface area contributed by atoms with E-state index in [4.69, 9.17) is 5.11 Å². The number of carbonyl (C=O) groups excluding carboxylic acids is 1. The van der Waals surface area contributed by atoms with Crippen molar-refractivity contribution in [1.82, 2.24) is 9.47 Å². The van der Waals surface area contributed by atoms with Gasteiger partial charge in [-0.2, -0.15) is 13.2 Å². The average Bonchev–Trinajstić information content (AvgIpc) is 2.48. The molecule has 0 aliphatic carbocycles. The summed E-state index contributed by atoms with van der Waals surface area (Å²) in [5.41, 5.74) is -1.61. The van der Waals surface area contributed by atoms with Crippen molar-refractivity contribution >= 4 is 5.91 Å². The summed E-state index contributed by atoms with van der Waals surface area (Å²) in [4.78, 5) is 25.2. The summed E-state index contributed by atoms with van der Waals surface area (Å²) in [5.74, 6) is -0.238. The predicted octanol–water partition coefficient (Wildman–Crippen LogP) is 1.10. The maximum absolute atomic E-state index is 12.6. The molecule has 2 heterocycles. The van der Waals surface area contributed by atoms with Gasteiger partial charge in [-0.1, -0.05) is 0 Å². The largest absolute Gasteiger partial charge is 0.417 e. The highest BCUT2D eigenvalue weighted by atomic mass is 19.4. The van der Waals surface area contributed by atoms with Gasteiger partial charge in [-0.05, 0) is 24.8 Å². The van der Waals surface area contributed by atoms with Gasteiger partial charge < -0.3 is 14.6 Å². The summed E-state index contributed by atoms with van der Waals surface area (Å²) in [6.45, 7) is 0.539. The van der Waals surface area contributed by atoms with Gasteiger partial charge in [0.2, 0.25) is 5.91 Å². The van der Waals surface area contributed by atoms with Crippen LogP contribution < -0.4 is 5.56 Å². The second-order valence-electron chi connectivity index (χ2n) is 5.39. The Morgan fingerprint density at radius 3 is 2.45 bits per heavy atom. The highest BCUT2D eigenvalue weighted by Gasteiger charge is 2.31. The Hall–Kier alpha value is -1.83. The van der Waals surface area contributed by atoms with Crippen molar-refractivity contribution in [3.05, 3.63) is 34.2 Å². The van der Waals surface area contributed by atoms with Crippen LogP contribution >= 0.6 is 0 Å². The Balaban J connectivity index is 2.07. The third-order valence-corrected chi connectivity index (χ3v) is 3.84. The van der Waals surface area contributed by atoms with E-state index < -0.39 is 29.8 Å². The minimum absolute atomic E-state index is 0.0646. The number of carbonyl (C=O) groups is 1. The van der Waals surface area contributed by atoms with Crippen LogP contribution in [0.25, 0.3) is 0 Å². The molecule has 8 heteroatoms. The van der Waals surface area contributed by atoms with Crippen LogP contribution in [0.5, 0.6) is 0 Å². The molecular weight excluding hydrogens is 301 g/mol. The van der Waals surface area contributed by atoms with Crippen LogP contribution in [-0.4, -0.2) is 40.2 Å². The van der Waals surface area contributed by atoms with Crippen LogP contribution in [-0.2, 0) is 17.5 Å².